The fraction of sp³-hybridized carbons (Fsp3) is 0.500. The van der Waals surface area contributed by atoms with Gasteiger partial charge in [-0.05, 0) is 44.0 Å². The first-order valence-electron chi connectivity index (χ1n) is 5.16. The van der Waals surface area contributed by atoms with Crippen LogP contribution in [0.15, 0.2) is 18.2 Å². The lowest BCUT2D eigenvalue weighted by Gasteiger charge is -2.28. The first kappa shape index (κ1) is 12.0. The molecule has 0 aliphatic heterocycles. The van der Waals surface area contributed by atoms with Gasteiger partial charge in [0.1, 0.15) is 17.2 Å². The summed E-state index contributed by atoms with van der Waals surface area (Å²) in [4.78, 5) is 0. The second-order valence-electron chi connectivity index (χ2n) is 4.02. The molecule has 0 amide bonds. The quantitative estimate of drug-likeness (QED) is 0.831. The summed E-state index contributed by atoms with van der Waals surface area (Å²) in [5.41, 5.74) is 5.85. The summed E-state index contributed by atoms with van der Waals surface area (Å²) in [6.45, 7) is 6.13. The van der Waals surface area contributed by atoms with Crippen LogP contribution in [0.4, 0.5) is 4.39 Å². The molecule has 0 aliphatic carbocycles. The van der Waals surface area contributed by atoms with E-state index in [1.807, 2.05) is 13.8 Å². The van der Waals surface area contributed by atoms with Gasteiger partial charge in [0.05, 0.1) is 0 Å². The second kappa shape index (κ2) is 4.62. The normalized spacial score (nSPS) is 14.7. The van der Waals surface area contributed by atoms with Gasteiger partial charge in [-0.25, -0.2) is 4.39 Å². The summed E-state index contributed by atoms with van der Waals surface area (Å²) >= 11 is 0. The molecule has 0 aliphatic rings. The van der Waals surface area contributed by atoms with Crippen LogP contribution in [0.25, 0.3) is 0 Å². The Hall–Kier alpha value is -1.09. The summed E-state index contributed by atoms with van der Waals surface area (Å²) < 4.78 is 18.8. The minimum atomic E-state index is -0.371. The SMILES string of the molecule is CCC(C)(CN)Oc1ccc(F)c(C)c1. The lowest BCUT2D eigenvalue weighted by molar-refractivity contribution is 0.0933. The standard InChI is InChI=1S/C12H18FNO/c1-4-12(3,8-14)15-10-5-6-11(13)9(2)7-10/h5-7H,4,8,14H2,1-3H3. The Morgan fingerprint density at radius 1 is 1.47 bits per heavy atom. The van der Waals surface area contributed by atoms with Crippen LogP contribution in [-0.4, -0.2) is 12.1 Å². The molecule has 0 radical (unpaired) electrons. The number of ether oxygens (including phenoxy) is 1. The minimum Gasteiger partial charge on any atom is -0.486 e. The van der Waals surface area contributed by atoms with Crippen molar-refractivity contribution in [3.63, 3.8) is 0 Å². The molecule has 1 aromatic carbocycles. The average Bonchev–Trinajstić information content (AvgIpc) is 2.23. The maximum atomic E-state index is 13.0. The van der Waals surface area contributed by atoms with Crippen LogP contribution >= 0.6 is 0 Å². The lowest BCUT2D eigenvalue weighted by atomic mass is 10.0. The molecular formula is C12H18FNO. The van der Waals surface area contributed by atoms with E-state index in [1.165, 1.54) is 6.07 Å². The molecule has 0 aromatic heterocycles. The Kier molecular flexibility index (Phi) is 3.69. The Morgan fingerprint density at radius 3 is 2.60 bits per heavy atom. The van der Waals surface area contributed by atoms with Crippen molar-refractivity contribution < 1.29 is 9.13 Å². The van der Waals surface area contributed by atoms with Crippen molar-refractivity contribution in [3.05, 3.63) is 29.6 Å². The molecule has 1 rings (SSSR count). The van der Waals surface area contributed by atoms with Crippen molar-refractivity contribution in [2.75, 3.05) is 6.54 Å². The predicted molar refractivity (Wildman–Crippen MR) is 59.5 cm³/mol. The molecule has 0 bridgehead atoms. The number of nitrogens with two attached hydrogens (primary N) is 1. The fourth-order valence-corrected chi connectivity index (χ4v) is 1.22. The Balaban J connectivity index is 2.85. The molecule has 0 heterocycles. The molecule has 1 aromatic rings. The van der Waals surface area contributed by atoms with Gasteiger partial charge in [-0.3, -0.25) is 0 Å². The summed E-state index contributed by atoms with van der Waals surface area (Å²) in [5, 5.41) is 0. The van der Waals surface area contributed by atoms with Gasteiger partial charge in [0.25, 0.3) is 0 Å². The fourth-order valence-electron chi connectivity index (χ4n) is 1.22. The third-order valence-electron chi connectivity index (χ3n) is 2.67. The molecule has 1 atom stereocenters. The third-order valence-corrected chi connectivity index (χ3v) is 2.67. The topological polar surface area (TPSA) is 35.2 Å². The van der Waals surface area contributed by atoms with Gasteiger partial charge in [0, 0.05) is 6.54 Å². The van der Waals surface area contributed by atoms with Crippen molar-refractivity contribution in [2.45, 2.75) is 32.8 Å². The van der Waals surface area contributed by atoms with Crippen molar-refractivity contribution in [3.8, 4) is 5.75 Å². The summed E-state index contributed by atoms with van der Waals surface area (Å²) in [7, 11) is 0. The minimum absolute atomic E-state index is 0.215. The maximum absolute atomic E-state index is 13.0. The van der Waals surface area contributed by atoms with E-state index in [-0.39, 0.29) is 11.4 Å². The maximum Gasteiger partial charge on any atom is 0.126 e. The lowest BCUT2D eigenvalue weighted by Crippen LogP contribution is -2.39. The van der Waals surface area contributed by atoms with Crippen LogP contribution in [0.2, 0.25) is 0 Å². The molecule has 15 heavy (non-hydrogen) atoms. The molecule has 1 unspecified atom stereocenters. The average molecular weight is 211 g/mol. The third kappa shape index (κ3) is 2.93. The van der Waals surface area contributed by atoms with Gasteiger partial charge in [0.2, 0.25) is 0 Å². The smallest absolute Gasteiger partial charge is 0.126 e. The van der Waals surface area contributed by atoms with E-state index in [0.717, 1.165) is 6.42 Å². The highest BCUT2D eigenvalue weighted by molar-refractivity contribution is 5.29. The highest BCUT2D eigenvalue weighted by Gasteiger charge is 2.22. The highest BCUT2D eigenvalue weighted by atomic mass is 19.1. The van der Waals surface area contributed by atoms with Crippen molar-refractivity contribution >= 4 is 0 Å². The molecule has 0 saturated carbocycles. The van der Waals surface area contributed by atoms with Crippen LogP contribution < -0.4 is 10.5 Å². The van der Waals surface area contributed by atoms with E-state index in [0.29, 0.717) is 17.9 Å². The van der Waals surface area contributed by atoms with Gasteiger partial charge in [-0.2, -0.15) is 0 Å². The van der Waals surface area contributed by atoms with Gasteiger partial charge < -0.3 is 10.5 Å². The van der Waals surface area contributed by atoms with E-state index < -0.39 is 0 Å². The molecule has 0 spiro atoms. The van der Waals surface area contributed by atoms with Gasteiger partial charge in [-0.1, -0.05) is 6.92 Å². The largest absolute Gasteiger partial charge is 0.486 e. The monoisotopic (exact) mass is 211 g/mol. The molecule has 3 heteroatoms. The summed E-state index contributed by atoms with van der Waals surface area (Å²) in [6, 6.07) is 4.74. The van der Waals surface area contributed by atoms with Crippen LogP contribution in [0, 0.1) is 12.7 Å². The van der Waals surface area contributed by atoms with Crippen LogP contribution in [0.3, 0.4) is 0 Å². The molecule has 2 N–H and O–H groups in total. The van der Waals surface area contributed by atoms with Crippen LogP contribution in [0.5, 0.6) is 5.75 Å². The second-order valence-corrected chi connectivity index (χ2v) is 4.02. The molecule has 84 valence electrons. The number of hydrogen-bond acceptors (Lipinski definition) is 2. The highest BCUT2D eigenvalue weighted by Crippen LogP contribution is 2.22. The van der Waals surface area contributed by atoms with Crippen molar-refractivity contribution in [1.29, 1.82) is 0 Å². The van der Waals surface area contributed by atoms with E-state index in [2.05, 4.69) is 0 Å². The number of halogens is 1. The zero-order chi connectivity index (χ0) is 11.5. The molecule has 0 fully saturated rings. The van der Waals surface area contributed by atoms with Gasteiger partial charge in [0.15, 0.2) is 0 Å². The van der Waals surface area contributed by atoms with E-state index in [9.17, 15) is 4.39 Å². The molecule has 2 nitrogen and oxygen atoms in total. The summed E-state index contributed by atoms with van der Waals surface area (Å²) in [5.74, 6) is 0.456. The first-order valence-corrected chi connectivity index (χ1v) is 5.16. The Morgan fingerprint density at radius 2 is 2.13 bits per heavy atom. The number of aryl methyl sites for hydroxylation is 1. The Labute approximate surface area is 90.2 Å². The number of benzene rings is 1. The zero-order valence-corrected chi connectivity index (χ0v) is 9.51. The number of hydrogen-bond donors (Lipinski definition) is 1. The van der Waals surface area contributed by atoms with Crippen LogP contribution in [0.1, 0.15) is 25.8 Å². The Bertz CT molecular complexity index is 334. The van der Waals surface area contributed by atoms with E-state index in [1.54, 1.807) is 19.1 Å². The van der Waals surface area contributed by atoms with Crippen LogP contribution in [-0.2, 0) is 0 Å². The van der Waals surface area contributed by atoms with Gasteiger partial charge in [-0.15, -0.1) is 0 Å². The van der Waals surface area contributed by atoms with Crippen molar-refractivity contribution in [1.82, 2.24) is 0 Å². The molecule has 0 saturated heterocycles. The van der Waals surface area contributed by atoms with E-state index in [4.69, 9.17) is 10.5 Å². The number of rotatable bonds is 4. The zero-order valence-electron chi connectivity index (χ0n) is 9.51. The van der Waals surface area contributed by atoms with Crippen molar-refractivity contribution in [2.24, 2.45) is 5.73 Å². The van der Waals surface area contributed by atoms with E-state index >= 15 is 0 Å². The predicted octanol–water partition coefficient (Wildman–Crippen LogP) is 2.64. The summed E-state index contributed by atoms with van der Waals surface area (Å²) in [6.07, 6.45) is 0.819. The van der Waals surface area contributed by atoms with Gasteiger partial charge >= 0.3 is 0 Å². The molecular weight excluding hydrogens is 193 g/mol. The first-order chi connectivity index (χ1) is 7.00.